The van der Waals surface area contributed by atoms with Crippen molar-refractivity contribution in [3.63, 3.8) is 0 Å². The Morgan fingerprint density at radius 1 is 0.378 bits per heavy atom. The summed E-state index contributed by atoms with van der Waals surface area (Å²) in [5.74, 6) is 0. The molecule has 1 saturated carbocycles. The molecule has 7 aromatic rings. The molecule has 11 atom stereocenters. The third kappa shape index (κ3) is 14.6. The number of aliphatic hydroxyl groups excluding tert-OH is 1. The summed E-state index contributed by atoms with van der Waals surface area (Å²) < 4.78 is 62.0. The number of aliphatic hydroxyl groups is 1. The van der Waals surface area contributed by atoms with E-state index < -0.39 is 67.3 Å². The zero-order chi connectivity index (χ0) is 50.6. The fourth-order valence-corrected chi connectivity index (χ4v) is 9.39. The molecule has 1 N–H and O–H groups in total. The van der Waals surface area contributed by atoms with Gasteiger partial charge in [0.2, 0.25) is 0 Å². The number of hydrogen-bond acceptors (Lipinski definition) is 11. The van der Waals surface area contributed by atoms with E-state index in [-0.39, 0.29) is 52.9 Å². The van der Waals surface area contributed by atoms with E-state index in [4.69, 9.17) is 42.6 Å². The highest BCUT2D eigenvalue weighted by atomic mass is 16.7. The molecule has 7 aromatic carbocycles. The quantitative estimate of drug-likeness (QED) is 0.0333. The van der Waals surface area contributed by atoms with Gasteiger partial charge in [0.1, 0.15) is 61.0 Å². The third-order valence-corrected chi connectivity index (χ3v) is 13.2. The second kappa shape index (κ2) is 27.7. The van der Waals surface area contributed by atoms with Gasteiger partial charge in [0, 0.05) is 4.91 Å². The van der Waals surface area contributed by atoms with Crippen molar-refractivity contribution >= 4 is 0 Å². The van der Waals surface area contributed by atoms with Gasteiger partial charge < -0.3 is 47.7 Å². The molecule has 2 fully saturated rings. The summed E-state index contributed by atoms with van der Waals surface area (Å²) in [6.07, 6.45) is -10.5. The molecule has 0 radical (unpaired) electrons. The molecule has 74 heavy (non-hydrogen) atoms. The lowest BCUT2D eigenvalue weighted by atomic mass is 9.83. The number of azide groups is 1. The van der Waals surface area contributed by atoms with E-state index in [1.807, 2.05) is 212 Å². The summed E-state index contributed by atoms with van der Waals surface area (Å²) in [6, 6.07) is 67.4. The maximum atomic E-state index is 13.1. The highest BCUT2D eigenvalue weighted by Crippen LogP contribution is 2.38. The minimum atomic E-state index is -1.42. The first-order valence-electron chi connectivity index (χ1n) is 25.2. The highest BCUT2D eigenvalue weighted by Gasteiger charge is 2.57. The van der Waals surface area contributed by atoms with E-state index in [9.17, 15) is 10.6 Å². The van der Waals surface area contributed by atoms with Crippen LogP contribution < -0.4 is 0 Å². The Labute approximate surface area is 433 Å². The van der Waals surface area contributed by atoms with Gasteiger partial charge in [-0.25, -0.2) is 0 Å². The maximum Gasteiger partial charge on any atom is 0.169 e. The van der Waals surface area contributed by atoms with Gasteiger partial charge in [0.05, 0.1) is 52.9 Å². The minimum Gasteiger partial charge on any atom is -0.387 e. The lowest BCUT2D eigenvalue weighted by Gasteiger charge is -2.51. The number of benzene rings is 7. The van der Waals surface area contributed by atoms with Crippen molar-refractivity contribution in [1.29, 1.82) is 0 Å². The van der Waals surface area contributed by atoms with Crippen LogP contribution in [0.25, 0.3) is 10.4 Å². The molecule has 0 aromatic heterocycles. The van der Waals surface area contributed by atoms with Crippen molar-refractivity contribution in [1.82, 2.24) is 0 Å². The molecule has 1 aliphatic heterocycles. The first-order valence-corrected chi connectivity index (χ1v) is 25.2. The van der Waals surface area contributed by atoms with Crippen LogP contribution in [0.5, 0.6) is 0 Å². The van der Waals surface area contributed by atoms with Gasteiger partial charge in [0.15, 0.2) is 6.29 Å². The first-order chi connectivity index (χ1) is 36.6. The minimum absolute atomic E-state index is 0.0462. The summed E-state index contributed by atoms with van der Waals surface area (Å²) in [6.45, 7) is 1.31. The number of nitrogens with zero attached hydrogens (tertiary/aromatic N) is 3. The summed E-state index contributed by atoms with van der Waals surface area (Å²) in [5, 5.41) is 17.5. The average molecular weight is 998 g/mol. The van der Waals surface area contributed by atoms with Gasteiger partial charge >= 0.3 is 0 Å². The van der Waals surface area contributed by atoms with E-state index in [2.05, 4.69) is 10.0 Å². The van der Waals surface area contributed by atoms with Crippen LogP contribution in [-0.4, -0.2) is 79.0 Å². The normalized spacial score (nSPS) is 24.7. The Morgan fingerprint density at radius 2 is 0.676 bits per heavy atom. The lowest BCUT2D eigenvalue weighted by Crippen LogP contribution is -2.69. The van der Waals surface area contributed by atoms with Crippen molar-refractivity contribution in [3.8, 4) is 0 Å². The van der Waals surface area contributed by atoms with Gasteiger partial charge in [-0.2, -0.15) is 0 Å². The zero-order valence-electron chi connectivity index (χ0n) is 41.2. The Kier molecular flexibility index (Phi) is 19.6. The fraction of sp³-hybridized carbons (Fsp3) is 0.311. The average Bonchev–Trinajstić information content (AvgIpc) is 3.46. The summed E-state index contributed by atoms with van der Waals surface area (Å²) in [5.41, 5.74) is 16.8. The van der Waals surface area contributed by atoms with E-state index in [0.29, 0.717) is 0 Å². The van der Waals surface area contributed by atoms with Crippen molar-refractivity contribution in [2.75, 3.05) is 6.61 Å². The van der Waals surface area contributed by atoms with E-state index in [0.717, 1.165) is 38.9 Å². The van der Waals surface area contributed by atoms with Gasteiger partial charge in [-0.15, -0.1) is 0 Å². The molecule has 1 aliphatic carbocycles. The maximum absolute atomic E-state index is 13.1. The second-order valence-corrected chi connectivity index (χ2v) is 18.4. The lowest BCUT2D eigenvalue weighted by molar-refractivity contribution is -0.338. The van der Waals surface area contributed by atoms with Crippen LogP contribution in [0.2, 0.25) is 0 Å². The molecule has 1 heterocycles. The van der Waals surface area contributed by atoms with E-state index in [1.165, 1.54) is 0 Å². The summed E-state index contributed by atoms with van der Waals surface area (Å²) >= 11 is 0. The summed E-state index contributed by atoms with van der Waals surface area (Å²) in [4.78, 5) is 3.36. The predicted octanol–water partition coefficient (Wildman–Crippen LogP) is 10.9. The molecular formula is C61H63N3O10. The molecule has 13 heteroatoms. The van der Waals surface area contributed by atoms with Crippen LogP contribution in [0, 0.1) is 0 Å². The molecule has 13 nitrogen and oxygen atoms in total. The Hall–Kier alpha value is -6.55. The van der Waals surface area contributed by atoms with Crippen LogP contribution in [0.15, 0.2) is 217 Å². The second-order valence-electron chi connectivity index (χ2n) is 18.4. The van der Waals surface area contributed by atoms with Crippen molar-refractivity contribution < 1.29 is 47.7 Å². The zero-order valence-corrected chi connectivity index (χ0v) is 41.2. The van der Waals surface area contributed by atoms with Gasteiger partial charge in [-0.1, -0.05) is 217 Å². The van der Waals surface area contributed by atoms with Crippen molar-refractivity contribution in [3.05, 3.63) is 262 Å². The van der Waals surface area contributed by atoms with E-state index >= 15 is 0 Å². The molecule has 9 rings (SSSR count). The molecular weight excluding hydrogens is 935 g/mol. The molecule has 1 saturated heterocycles. The van der Waals surface area contributed by atoms with Crippen LogP contribution in [0.4, 0.5) is 0 Å². The van der Waals surface area contributed by atoms with Crippen molar-refractivity contribution in [2.45, 2.75) is 114 Å². The molecule has 0 spiro atoms. The van der Waals surface area contributed by atoms with Crippen LogP contribution >= 0.6 is 0 Å². The largest absolute Gasteiger partial charge is 0.387 e. The van der Waals surface area contributed by atoms with Crippen LogP contribution in [-0.2, 0) is 88.9 Å². The topological polar surface area (TPSA) is 152 Å². The number of hydrogen-bond donors (Lipinski definition) is 1. The van der Waals surface area contributed by atoms with Gasteiger partial charge in [-0.3, -0.25) is 0 Å². The third-order valence-electron chi connectivity index (χ3n) is 13.2. The Balaban J connectivity index is 1.11. The van der Waals surface area contributed by atoms with Gasteiger partial charge in [-0.05, 0) is 44.5 Å². The Bertz CT molecular complexity index is 2710. The number of ether oxygens (including phenoxy) is 9. The monoisotopic (exact) mass is 997 g/mol. The molecule has 0 bridgehead atoms. The molecule has 0 amide bonds. The Morgan fingerprint density at radius 3 is 1.04 bits per heavy atom. The predicted molar refractivity (Wildman–Crippen MR) is 279 cm³/mol. The summed E-state index contributed by atoms with van der Waals surface area (Å²) in [7, 11) is 0. The highest BCUT2D eigenvalue weighted by molar-refractivity contribution is 5.20. The SMILES string of the molecule is [N-]=[N+]=N[C@H]1[C@@H](O[C@H]2[C@H](O)[C@@H](OCc3ccccc3)[C@H](OCc3ccccc3)[C@H](OCc3ccccc3)[C@H]2OCc2ccccc2)O[C@H](COCc2ccccc2)[C@@H](OCc2ccccc2)[C@@H]1OCc1ccccc1. The molecule has 0 unspecified atom stereocenters. The van der Waals surface area contributed by atoms with E-state index in [1.54, 1.807) is 0 Å². The van der Waals surface area contributed by atoms with Crippen LogP contribution in [0.3, 0.4) is 0 Å². The van der Waals surface area contributed by atoms with Gasteiger partial charge in [0.25, 0.3) is 0 Å². The number of rotatable bonds is 25. The fourth-order valence-electron chi connectivity index (χ4n) is 9.39. The smallest absolute Gasteiger partial charge is 0.169 e. The van der Waals surface area contributed by atoms with Crippen LogP contribution in [0.1, 0.15) is 38.9 Å². The standard InChI is InChI=1S/C61H63N3O10/c62-64-63-52-55(68-38-46-26-12-3-13-27-46)54(67-37-45-24-10-2-11-25-45)51(43-66-36-44-22-8-1-9-23-44)73-61(52)74-57-53(65)56(69-39-47-28-14-4-15-29-47)58(70-40-48-30-16-5-17-31-48)60(72-42-50-34-20-7-21-35-50)59(57)71-41-49-32-18-6-19-33-49/h1-35,51-61,65H,36-43H2/t51-,52-,53-,54-,55-,56-,57+,58+,59+,60+,61-/m1/s1. The molecule has 382 valence electrons. The molecule has 2 aliphatic rings. The first kappa shape index (κ1) is 52.3. The van der Waals surface area contributed by atoms with Crippen molar-refractivity contribution in [2.24, 2.45) is 5.11 Å².